The minimum Gasteiger partial charge on any atom is -0.395 e. The van der Waals surface area contributed by atoms with Gasteiger partial charge in [-0.05, 0) is 18.2 Å². The summed E-state index contributed by atoms with van der Waals surface area (Å²) in [5.41, 5.74) is 0.572. The Labute approximate surface area is 81.4 Å². The standard InChI is InChI=1S/C11H9FO2/c12-11-5-4-9(3-1-2-6-13)7-10(11)8-14/h4-5,7-8,13H,2,6H2. The summed E-state index contributed by atoms with van der Waals surface area (Å²) in [6.45, 7) is -0.00523. The molecule has 0 atom stereocenters. The fraction of sp³-hybridized carbons (Fsp3) is 0.182. The van der Waals surface area contributed by atoms with Crippen LogP contribution in [0.4, 0.5) is 4.39 Å². The van der Waals surface area contributed by atoms with Crippen molar-refractivity contribution < 1.29 is 14.3 Å². The van der Waals surface area contributed by atoms with Gasteiger partial charge in [0.1, 0.15) is 5.82 Å². The Morgan fingerprint density at radius 3 is 2.93 bits per heavy atom. The van der Waals surface area contributed by atoms with E-state index < -0.39 is 5.82 Å². The van der Waals surface area contributed by atoms with Crippen LogP contribution in [0.15, 0.2) is 18.2 Å². The van der Waals surface area contributed by atoms with Gasteiger partial charge in [0.05, 0.1) is 12.2 Å². The van der Waals surface area contributed by atoms with Crippen LogP contribution in [-0.2, 0) is 0 Å². The lowest BCUT2D eigenvalue weighted by atomic mass is 10.1. The van der Waals surface area contributed by atoms with Crippen LogP contribution in [0.25, 0.3) is 0 Å². The molecule has 72 valence electrons. The summed E-state index contributed by atoms with van der Waals surface area (Å²) >= 11 is 0. The SMILES string of the molecule is O=Cc1cc(C#CCCO)ccc1F. The summed E-state index contributed by atoms with van der Waals surface area (Å²) in [4.78, 5) is 10.4. The van der Waals surface area contributed by atoms with Crippen LogP contribution in [-0.4, -0.2) is 18.0 Å². The molecule has 0 aliphatic carbocycles. The van der Waals surface area contributed by atoms with Crippen LogP contribution in [0.2, 0.25) is 0 Å². The number of hydrogen-bond donors (Lipinski definition) is 1. The zero-order valence-corrected chi connectivity index (χ0v) is 7.46. The fourth-order valence-electron chi connectivity index (χ4n) is 0.932. The van der Waals surface area contributed by atoms with E-state index in [1.807, 2.05) is 0 Å². The van der Waals surface area contributed by atoms with Crippen molar-refractivity contribution in [1.29, 1.82) is 0 Å². The number of benzene rings is 1. The van der Waals surface area contributed by atoms with Crippen molar-refractivity contribution in [1.82, 2.24) is 0 Å². The van der Waals surface area contributed by atoms with Gasteiger partial charge in [-0.1, -0.05) is 11.8 Å². The number of rotatable bonds is 2. The minimum absolute atomic E-state index is 0.000739. The monoisotopic (exact) mass is 192 g/mol. The van der Waals surface area contributed by atoms with Crippen molar-refractivity contribution in [3.8, 4) is 11.8 Å². The largest absolute Gasteiger partial charge is 0.395 e. The van der Waals surface area contributed by atoms with Crippen molar-refractivity contribution >= 4 is 6.29 Å². The number of aliphatic hydroxyl groups is 1. The van der Waals surface area contributed by atoms with E-state index in [1.165, 1.54) is 18.2 Å². The van der Waals surface area contributed by atoms with Crippen molar-refractivity contribution in [2.75, 3.05) is 6.61 Å². The van der Waals surface area contributed by atoms with Crippen LogP contribution in [0.5, 0.6) is 0 Å². The second kappa shape index (κ2) is 5.15. The Balaban J connectivity index is 2.91. The van der Waals surface area contributed by atoms with Crippen molar-refractivity contribution in [2.45, 2.75) is 6.42 Å². The molecule has 2 nitrogen and oxygen atoms in total. The maximum absolute atomic E-state index is 12.8. The van der Waals surface area contributed by atoms with Crippen LogP contribution >= 0.6 is 0 Å². The zero-order chi connectivity index (χ0) is 10.4. The Bertz CT molecular complexity index is 388. The fourth-order valence-corrected chi connectivity index (χ4v) is 0.932. The molecule has 1 rings (SSSR count). The van der Waals surface area contributed by atoms with Gasteiger partial charge < -0.3 is 5.11 Å². The summed E-state index contributed by atoms with van der Waals surface area (Å²) in [6, 6.07) is 4.08. The average molecular weight is 192 g/mol. The van der Waals surface area contributed by atoms with E-state index in [0.29, 0.717) is 18.3 Å². The lowest BCUT2D eigenvalue weighted by Crippen LogP contribution is -1.88. The number of aliphatic hydroxyl groups excluding tert-OH is 1. The average Bonchev–Trinajstić information content (AvgIpc) is 2.21. The molecule has 0 spiro atoms. The highest BCUT2D eigenvalue weighted by Crippen LogP contribution is 2.07. The summed E-state index contributed by atoms with van der Waals surface area (Å²) < 4.78 is 12.8. The molecule has 0 fully saturated rings. The molecule has 1 N–H and O–H groups in total. The molecule has 0 unspecified atom stereocenters. The molecule has 0 amide bonds. The highest BCUT2D eigenvalue weighted by atomic mass is 19.1. The summed E-state index contributed by atoms with van der Waals surface area (Å²) in [7, 11) is 0. The highest BCUT2D eigenvalue weighted by molar-refractivity contribution is 5.76. The van der Waals surface area contributed by atoms with Gasteiger partial charge in [0, 0.05) is 12.0 Å². The van der Waals surface area contributed by atoms with E-state index in [0.717, 1.165) is 0 Å². The van der Waals surface area contributed by atoms with Crippen molar-refractivity contribution in [3.05, 3.63) is 35.1 Å². The Morgan fingerprint density at radius 1 is 1.50 bits per heavy atom. The Hall–Kier alpha value is -1.66. The molecule has 0 saturated heterocycles. The van der Waals surface area contributed by atoms with E-state index in [2.05, 4.69) is 11.8 Å². The summed E-state index contributed by atoms with van der Waals surface area (Å²) in [5.74, 6) is 4.85. The van der Waals surface area contributed by atoms with Gasteiger partial charge in [0.15, 0.2) is 6.29 Å². The van der Waals surface area contributed by atoms with E-state index >= 15 is 0 Å². The van der Waals surface area contributed by atoms with Crippen LogP contribution in [0.1, 0.15) is 22.3 Å². The lowest BCUT2D eigenvalue weighted by molar-refractivity contribution is 0.112. The molecule has 0 aliphatic rings. The van der Waals surface area contributed by atoms with Gasteiger partial charge in [-0.25, -0.2) is 4.39 Å². The van der Waals surface area contributed by atoms with Gasteiger partial charge in [0.2, 0.25) is 0 Å². The number of carbonyl (C=O) groups is 1. The van der Waals surface area contributed by atoms with Gasteiger partial charge in [0.25, 0.3) is 0 Å². The first-order chi connectivity index (χ1) is 6.77. The van der Waals surface area contributed by atoms with Crippen LogP contribution in [0, 0.1) is 17.7 Å². The molecule has 0 aromatic heterocycles. The van der Waals surface area contributed by atoms with E-state index in [4.69, 9.17) is 5.11 Å². The van der Waals surface area contributed by atoms with Crippen molar-refractivity contribution in [2.24, 2.45) is 0 Å². The van der Waals surface area contributed by atoms with Gasteiger partial charge in [-0.15, -0.1) is 0 Å². The Kier molecular flexibility index (Phi) is 3.84. The smallest absolute Gasteiger partial charge is 0.153 e. The molecular formula is C11H9FO2. The molecule has 0 heterocycles. The predicted molar refractivity (Wildman–Crippen MR) is 50.4 cm³/mol. The molecule has 0 aliphatic heterocycles. The lowest BCUT2D eigenvalue weighted by Gasteiger charge is -1.94. The summed E-state index contributed by atoms with van der Waals surface area (Å²) in [5, 5.41) is 8.47. The molecule has 1 aromatic carbocycles. The number of halogens is 1. The van der Waals surface area contributed by atoms with Crippen LogP contribution in [0.3, 0.4) is 0 Å². The third-order valence-electron chi connectivity index (χ3n) is 1.59. The quantitative estimate of drug-likeness (QED) is 0.567. The molecule has 3 heteroatoms. The van der Waals surface area contributed by atoms with Crippen LogP contribution < -0.4 is 0 Å². The van der Waals surface area contributed by atoms with Gasteiger partial charge in [-0.2, -0.15) is 0 Å². The maximum atomic E-state index is 12.8. The number of aldehydes is 1. The first kappa shape index (κ1) is 10.4. The normalized spacial score (nSPS) is 9.00. The van der Waals surface area contributed by atoms with Gasteiger partial charge >= 0.3 is 0 Å². The first-order valence-corrected chi connectivity index (χ1v) is 4.12. The molecule has 14 heavy (non-hydrogen) atoms. The second-order valence-electron chi connectivity index (χ2n) is 2.63. The van der Waals surface area contributed by atoms with Crippen molar-refractivity contribution in [3.63, 3.8) is 0 Å². The Morgan fingerprint density at radius 2 is 2.29 bits per heavy atom. The molecule has 0 radical (unpaired) electrons. The third kappa shape index (κ3) is 2.68. The number of hydrogen-bond acceptors (Lipinski definition) is 2. The second-order valence-corrected chi connectivity index (χ2v) is 2.63. The topological polar surface area (TPSA) is 37.3 Å². The highest BCUT2D eigenvalue weighted by Gasteiger charge is 1.99. The van der Waals surface area contributed by atoms with E-state index in [9.17, 15) is 9.18 Å². The molecular weight excluding hydrogens is 183 g/mol. The predicted octanol–water partition coefficient (Wildman–Crippen LogP) is 1.37. The summed E-state index contributed by atoms with van der Waals surface area (Å²) in [6.07, 6.45) is 0.820. The van der Waals surface area contributed by atoms with Gasteiger partial charge in [-0.3, -0.25) is 4.79 Å². The minimum atomic E-state index is -0.548. The molecule has 0 saturated carbocycles. The van der Waals surface area contributed by atoms with E-state index in [1.54, 1.807) is 0 Å². The third-order valence-corrected chi connectivity index (χ3v) is 1.59. The van der Waals surface area contributed by atoms with E-state index in [-0.39, 0.29) is 12.2 Å². The molecule has 0 bridgehead atoms. The maximum Gasteiger partial charge on any atom is 0.153 e. The molecule has 1 aromatic rings. The zero-order valence-electron chi connectivity index (χ0n) is 7.46. The first-order valence-electron chi connectivity index (χ1n) is 4.12. The number of carbonyl (C=O) groups excluding carboxylic acids is 1.